The Bertz CT molecular complexity index is 219. The minimum atomic E-state index is 0.298. The Balaban J connectivity index is 1.82. The summed E-state index contributed by atoms with van der Waals surface area (Å²) in [5, 5.41) is 0. The zero-order chi connectivity index (χ0) is 13.8. The van der Waals surface area contributed by atoms with Gasteiger partial charge in [0, 0.05) is 13.0 Å². The van der Waals surface area contributed by atoms with Crippen LogP contribution in [-0.2, 0) is 9.53 Å². The molecule has 1 saturated carbocycles. The molecular formula is C17H32O2. The van der Waals surface area contributed by atoms with Gasteiger partial charge in [-0.3, -0.25) is 4.79 Å². The number of Topliss-reactive ketones (excluding diaryl/α,β-unsaturated/α-hetero) is 1. The van der Waals surface area contributed by atoms with Gasteiger partial charge >= 0.3 is 0 Å². The monoisotopic (exact) mass is 268 g/mol. The van der Waals surface area contributed by atoms with Gasteiger partial charge < -0.3 is 4.74 Å². The highest BCUT2D eigenvalue weighted by molar-refractivity contribution is 5.79. The van der Waals surface area contributed by atoms with E-state index in [9.17, 15) is 4.79 Å². The zero-order valence-electron chi connectivity index (χ0n) is 12.8. The molecule has 0 radical (unpaired) electrons. The van der Waals surface area contributed by atoms with Crippen molar-refractivity contribution in [3.8, 4) is 0 Å². The number of unbranched alkanes of at least 4 members (excludes halogenated alkanes) is 6. The topological polar surface area (TPSA) is 26.3 Å². The van der Waals surface area contributed by atoms with Gasteiger partial charge in [0.15, 0.2) is 5.78 Å². The average molecular weight is 268 g/mol. The number of hydrogen-bond donors (Lipinski definition) is 0. The van der Waals surface area contributed by atoms with E-state index in [1.807, 2.05) is 0 Å². The van der Waals surface area contributed by atoms with Crippen LogP contribution in [0, 0.1) is 5.92 Å². The molecule has 0 atom stereocenters. The van der Waals surface area contributed by atoms with Crippen LogP contribution in [0.4, 0.5) is 0 Å². The molecule has 0 heterocycles. The van der Waals surface area contributed by atoms with Crippen molar-refractivity contribution in [3.63, 3.8) is 0 Å². The van der Waals surface area contributed by atoms with Gasteiger partial charge in [0.2, 0.25) is 0 Å². The molecule has 0 spiro atoms. The fourth-order valence-electron chi connectivity index (χ4n) is 2.87. The first-order chi connectivity index (χ1) is 9.33. The van der Waals surface area contributed by atoms with Gasteiger partial charge in [0.1, 0.15) is 6.61 Å². The third-order valence-electron chi connectivity index (χ3n) is 4.15. The van der Waals surface area contributed by atoms with Crippen LogP contribution in [0.5, 0.6) is 0 Å². The second-order valence-electron chi connectivity index (χ2n) is 6.08. The van der Waals surface area contributed by atoms with Crippen LogP contribution in [0.1, 0.15) is 84.0 Å². The molecule has 0 unspecified atom stereocenters. The van der Waals surface area contributed by atoms with Crippen molar-refractivity contribution in [2.75, 3.05) is 13.2 Å². The van der Waals surface area contributed by atoms with E-state index in [-0.39, 0.29) is 0 Å². The fourth-order valence-corrected chi connectivity index (χ4v) is 2.87. The van der Waals surface area contributed by atoms with Crippen LogP contribution >= 0.6 is 0 Å². The van der Waals surface area contributed by atoms with Gasteiger partial charge in [-0.15, -0.1) is 0 Å². The van der Waals surface area contributed by atoms with Crippen molar-refractivity contribution in [3.05, 3.63) is 0 Å². The van der Waals surface area contributed by atoms with Crippen molar-refractivity contribution in [2.24, 2.45) is 5.92 Å². The first-order valence-corrected chi connectivity index (χ1v) is 8.42. The van der Waals surface area contributed by atoms with Crippen molar-refractivity contribution in [1.82, 2.24) is 0 Å². The van der Waals surface area contributed by atoms with Crippen LogP contribution in [-0.4, -0.2) is 19.0 Å². The first-order valence-electron chi connectivity index (χ1n) is 8.42. The number of hydrogen-bond acceptors (Lipinski definition) is 2. The lowest BCUT2D eigenvalue weighted by Crippen LogP contribution is -2.13. The van der Waals surface area contributed by atoms with E-state index in [4.69, 9.17) is 4.74 Å². The predicted octanol–water partition coefficient (Wildman–Crippen LogP) is 4.90. The van der Waals surface area contributed by atoms with E-state index in [1.165, 1.54) is 64.2 Å². The Hall–Kier alpha value is -0.370. The summed E-state index contributed by atoms with van der Waals surface area (Å²) in [5.74, 6) is 1.03. The van der Waals surface area contributed by atoms with E-state index < -0.39 is 0 Å². The highest BCUT2D eigenvalue weighted by Gasteiger charge is 2.15. The number of carbonyl (C=O) groups excluding carboxylic acids is 1. The van der Waals surface area contributed by atoms with Gasteiger partial charge in [-0.2, -0.15) is 0 Å². The lowest BCUT2D eigenvalue weighted by atomic mass is 10.1. The Labute approximate surface area is 119 Å². The van der Waals surface area contributed by atoms with Crippen molar-refractivity contribution in [1.29, 1.82) is 0 Å². The molecular weight excluding hydrogens is 236 g/mol. The van der Waals surface area contributed by atoms with E-state index in [0.29, 0.717) is 12.4 Å². The maximum Gasteiger partial charge on any atom is 0.158 e. The van der Waals surface area contributed by atoms with E-state index >= 15 is 0 Å². The van der Waals surface area contributed by atoms with E-state index in [0.717, 1.165) is 25.4 Å². The van der Waals surface area contributed by atoms with Crippen LogP contribution in [0.25, 0.3) is 0 Å². The van der Waals surface area contributed by atoms with Crippen molar-refractivity contribution < 1.29 is 9.53 Å². The average Bonchev–Trinajstić information content (AvgIpc) is 2.91. The third kappa shape index (κ3) is 9.21. The molecule has 2 nitrogen and oxygen atoms in total. The molecule has 19 heavy (non-hydrogen) atoms. The summed E-state index contributed by atoms with van der Waals surface area (Å²) in [6.45, 7) is 3.40. The van der Waals surface area contributed by atoms with Crippen molar-refractivity contribution in [2.45, 2.75) is 84.0 Å². The smallest absolute Gasteiger partial charge is 0.158 e. The molecule has 0 aliphatic heterocycles. The second kappa shape index (κ2) is 11.5. The SMILES string of the molecule is CCCCCCCCCC(=O)COCC1CCCC1. The number of ether oxygens (including phenoxy) is 1. The first kappa shape index (κ1) is 16.7. The maximum absolute atomic E-state index is 11.6. The molecule has 0 aromatic rings. The van der Waals surface area contributed by atoms with E-state index in [1.54, 1.807) is 0 Å². The number of rotatable bonds is 12. The molecule has 0 saturated heterocycles. The van der Waals surface area contributed by atoms with Crippen molar-refractivity contribution >= 4 is 5.78 Å². The minimum Gasteiger partial charge on any atom is -0.373 e. The molecule has 0 bridgehead atoms. The zero-order valence-corrected chi connectivity index (χ0v) is 12.8. The van der Waals surface area contributed by atoms with Crippen LogP contribution < -0.4 is 0 Å². The second-order valence-corrected chi connectivity index (χ2v) is 6.08. The highest BCUT2D eigenvalue weighted by Crippen LogP contribution is 2.24. The Morgan fingerprint density at radius 2 is 1.63 bits per heavy atom. The Kier molecular flexibility index (Phi) is 10.1. The lowest BCUT2D eigenvalue weighted by Gasteiger charge is -2.09. The Morgan fingerprint density at radius 1 is 1.00 bits per heavy atom. The highest BCUT2D eigenvalue weighted by atomic mass is 16.5. The predicted molar refractivity (Wildman–Crippen MR) is 80.4 cm³/mol. The van der Waals surface area contributed by atoms with Crippen LogP contribution in [0.15, 0.2) is 0 Å². The molecule has 0 amide bonds. The van der Waals surface area contributed by atoms with Gasteiger partial charge in [-0.1, -0.05) is 58.3 Å². The number of carbonyl (C=O) groups is 1. The Morgan fingerprint density at radius 3 is 2.32 bits per heavy atom. The summed E-state index contributed by atoms with van der Waals surface area (Å²) < 4.78 is 5.54. The quantitative estimate of drug-likeness (QED) is 0.470. The molecule has 1 aliphatic rings. The maximum atomic E-state index is 11.6. The molecule has 1 rings (SSSR count). The third-order valence-corrected chi connectivity index (χ3v) is 4.15. The summed E-state index contributed by atoms with van der Waals surface area (Å²) in [6.07, 6.45) is 14.9. The fraction of sp³-hybridized carbons (Fsp3) is 0.941. The summed E-state index contributed by atoms with van der Waals surface area (Å²) in [7, 11) is 0. The van der Waals surface area contributed by atoms with Gasteiger partial charge in [-0.05, 0) is 25.2 Å². The molecule has 1 aliphatic carbocycles. The van der Waals surface area contributed by atoms with Crippen LogP contribution in [0.3, 0.4) is 0 Å². The molecule has 112 valence electrons. The molecule has 2 heteroatoms. The molecule has 1 fully saturated rings. The standard InChI is InChI=1S/C17H32O2/c1-2-3-4-5-6-7-8-13-17(18)15-19-14-16-11-9-10-12-16/h16H,2-15H2,1H3. The molecule has 0 aromatic carbocycles. The molecule has 0 aromatic heterocycles. The largest absolute Gasteiger partial charge is 0.373 e. The summed E-state index contributed by atoms with van der Waals surface area (Å²) in [5.41, 5.74) is 0. The summed E-state index contributed by atoms with van der Waals surface area (Å²) >= 11 is 0. The normalized spacial score (nSPS) is 16.1. The van der Waals surface area contributed by atoms with Gasteiger partial charge in [-0.25, -0.2) is 0 Å². The number of ketones is 1. The lowest BCUT2D eigenvalue weighted by molar-refractivity contribution is -0.124. The van der Waals surface area contributed by atoms with Gasteiger partial charge in [0.05, 0.1) is 0 Å². The molecule has 0 N–H and O–H groups in total. The van der Waals surface area contributed by atoms with E-state index in [2.05, 4.69) is 6.92 Å². The van der Waals surface area contributed by atoms with Crippen LogP contribution in [0.2, 0.25) is 0 Å². The summed E-state index contributed by atoms with van der Waals surface area (Å²) in [4.78, 5) is 11.6. The summed E-state index contributed by atoms with van der Waals surface area (Å²) in [6, 6.07) is 0. The van der Waals surface area contributed by atoms with Gasteiger partial charge in [0.25, 0.3) is 0 Å². The minimum absolute atomic E-state index is 0.298.